The lowest BCUT2D eigenvalue weighted by Crippen LogP contribution is -2.49. The third-order valence-electron chi connectivity index (χ3n) is 21.9. The van der Waals surface area contributed by atoms with Crippen LogP contribution in [0, 0.1) is 12.7 Å². The standard InChI is InChI=1S/C20H18FN7O.C20H20N8O.C20H25N7O2.C19H15F3N8O/c1-12-15(21)8-13(9-24-12)16-2-3-17-19(25-16)28(14-4-7-27(17)11-14)20(29)26-18-10-22-5-6-23-18;29-20(25-18-10-21-6-7-22-18)28-15-5-8-26(12-15)17-4-3-16(24-19(17)28)13-9-23-27(11-13)14-1-2-14;1-13-10-26(11-14(2)29-13)18-4-3-16-19(24-18)27(15-5-8-25(16)12-15)20(28)23-17-9-21-6-7-22-17;20-19(21,22)17-25-5-3-13(27-17)12-1-2-14-16(26-12)30(11-4-8-29(14)10-11)18(31)28-15-9-23-6-7-24-15/h2-3,5-6,8-10,14H,4,7,11H2,1H3,(H,23,26,29);3-4,6-7,9-11,14-15H,1-2,5,8,12H2,(H,22,25,29);3-4,6-7,9,13-15H,5,8,10-12H2,1-2H3,(H,22,23,28);1-3,5-7,9,11H,4,8,10H2,(H,24,28,31)/t14-;15-;13-,14+,15-;11-/m0000/s1. The number of morpholine rings is 1. The van der Waals surface area contributed by atoms with Gasteiger partial charge < -0.3 is 29.2 Å². The van der Waals surface area contributed by atoms with Gasteiger partial charge in [-0.1, -0.05) is 0 Å². The average Bonchev–Trinajstić information content (AvgIpc) is 1.49. The van der Waals surface area contributed by atoms with E-state index >= 15 is 0 Å². The first kappa shape index (κ1) is 75.5. The molecule has 10 aliphatic rings. The first-order chi connectivity index (χ1) is 57.3. The van der Waals surface area contributed by atoms with Crippen LogP contribution in [0.1, 0.15) is 69.9 Å². The van der Waals surface area contributed by atoms with Crippen LogP contribution in [-0.2, 0) is 10.9 Å². The van der Waals surface area contributed by atoms with Crippen molar-refractivity contribution in [1.82, 2.24) is 84.5 Å². The molecule has 0 aromatic carbocycles. The number of amides is 8. The van der Waals surface area contributed by atoms with Crippen LogP contribution in [0.3, 0.4) is 0 Å². The van der Waals surface area contributed by atoms with Crippen LogP contribution in [0.4, 0.5) is 112 Å². The fraction of sp³-hybridized carbons (Fsp3) is 0.342. The summed E-state index contributed by atoms with van der Waals surface area (Å²) in [6.45, 7) is 13.8. The number of alkyl halides is 3. The van der Waals surface area contributed by atoms with Crippen molar-refractivity contribution in [3.05, 3.63) is 177 Å². The second-order valence-corrected chi connectivity index (χ2v) is 29.9. The number of nitrogens with one attached hydrogen (secondary N) is 4. The maximum absolute atomic E-state index is 14.0. The molecule has 0 spiro atoms. The summed E-state index contributed by atoms with van der Waals surface area (Å²) in [7, 11) is 0. The van der Waals surface area contributed by atoms with Gasteiger partial charge in [-0.05, 0) is 120 Å². The van der Waals surface area contributed by atoms with E-state index in [1.807, 2.05) is 35.3 Å². The highest BCUT2D eigenvalue weighted by Crippen LogP contribution is 2.46. The van der Waals surface area contributed by atoms with Crippen LogP contribution in [0.15, 0.2) is 160 Å². The first-order valence-corrected chi connectivity index (χ1v) is 38.8. The Kier molecular flexibility index (Phi) is 20.3. The number of nitrogens with zero attached hydrogens (tertiary/aromatic N) is 26. The Bertz CT molecular complexity index is 5570. The average molecular weight is 1600 g/mol. The van der Waals surface area contributed by atoms with Crippen LogP contribution >= 0.6 is 0 Å². The van der Waals surface area contributed by atoms with E-state index in [9.17, 15) is 36.7 Å². The Morgan fingerprint density at radius 2 is 0.805 bits per heavy atom. The monoisotopic (exact) mass is 1600 g/mol. The molecule has 118 heavy (non-hydrogen) atoms. The molecule has 20 heterocycles. The molecule has 0 radical (unpaired) electrons. The zero-order chi connectivity index (χ0) is 80.9. The van der Waals surface area contributed by atoms with Crippen LogP contribution in [0.2, 0.25) is 0 Å². The predicted octanol–water partition coefficient (Wildman–Crippen LogP) is 10.8. The number of anilines is 13. The van der Waals surface area contributed by atoms with E-state index in [-0.39, 0.29) is 77.5 Å². The van der Waals surface area contributed by atoms with Crippen molar-refractivity contribution in [3.63, 3.8) is 0 Å². The number of hydrogen-bond acceptors (Lipinski definition) is 26. The molecule has 11 aromatic rings. The highest BCUT2D eigenvalue weighted by Gasteiger charge is 2.46. The van der Waals surface area contributed by atoms with Gasteiger partial charge >= 0.3 is 30.3 Å². The minimum absolute atomic E-state index is 0.00907. The van der Waals surface area contributed by atoms with Gasteiger partial charge in [-0.15, -0.1) is 0 Å². The first-order valence-electron chi connectivity index (χ1n) is 38.8. The molecule has 5 saturated heterocycles. The molecule has 4 N–H and O–H groups in total. The van der Waals surface area contributed by atoms with Crippen molar-refractivity contribution in [3.8, 4) is 33.9 Å². The molecule has 6 fully saturated rings. The summed E-state index contributed by atoms with van der Waals surface area (Å²) in [6.07, 6.45) is 26.3. The smallest absolute Gasteiger partial charge is 0.372 e. The third-order valence-corrected chi connectivity index (χ3v) is 21.9. The molecule has 6 atom stereocenters. The summed E-state index contributed by atoms with van der Waals surface area (Å²) in [4.78, 5) is 133. The van der Waals surface area contributed by atoms with Gasteiger partial charge in [-0.25, -0.2) is 73.4 Å². The number of hydrogen-bond donors (Lipinski definition) is 4. The Hall–Kier alpha value is -13.9. The number of rotatable bonds is 9. The molecule has 9 aliphatic heterocycles. The van der Waals surface area contributed by atoms with Gasteiger partial charge in [-0.3, -0.25) is 70.5 Å². The quantitative estimate of drug-likeness (QED) is 0.0975. The maximum Gasteiger partial charge on any atom is 0.451 e. The van der Waals surface area contributed by atoms with Crippen molar-refractivity contribution < 1.29 is 41.5 Å². The number of carbonyl (C=O) groups is 4. The molecule has 21 rings (SSSR count). The molecular weight excluding hydrogens is 1530 g/mol. The van der Waals surface area contributed by atoms with Gasteiger partial charge in [0, 0.05) is 145 Å². The lowest BCUT2D eigenvalue weighted by Gasteiger charge is -2.39. The van der Waals surface area contributed by atoms with Gasteiger partial charge in [0.1, 0.15) is 11.6 Å². The second-order valence-electron chi connectivity index (χ2n) is 29.9. The summed E-state index contributed by atoms with van der Waals surface area (Å²) in [5.74, 6) is 3.10. The number of urea groups is 4. The zero-order valence-corrected chi connectivity index (χ0v) is 64.0. The van der Waals surface area contributed by atoms with Crippen molar-refractivity contribution >= 4 is 99.2 Å². The minimum atomic E-state index is -4.67. The number of carbonyl (C=O) groups excluding carboxylic acids is 4. The van der Waals surface area contributed by atoms with E-state index in [0.29, 0.717) is 70.3 Å². The van der Waals surface area contributed by atoms with Crippen LogP contribution < -0.4 is 65.4 Å². The minimum Gasteiger partial charge on any atom is -0.372 e. The van der Waals surface area contributed by atoms with Gasteiger partial charge in [0.2, 0.25) is 5.82 Å². The van der Waals surface area contributed by atoms with E-state index in [1.54, 1.807) is 83.3 Å². The number of pyridine rings is 5. The Morgan fingerprint density at radius 1 is 0.407 bits per heavy atom. The Morgan fingerprint density at radius 3 is 1.21 bits per heavy atom. The molecule has 0 unspecified atom stereocenters. The Labute approximate surface area is 672 Å². The van der Waals surface area contributed by atoms with Crippen LogP contribution in [-0.4, -0.2) is 210 Å². The molecule has 1 aliphatic carbocycles. The van der Waals surface area contributed by atoms with E-state index < -0.39 is 18.0 Å². The van der Waals surface area contributed by atoms with E-state index in [2.05, 4.69) is 143 Å². The zero-order valence-electron chi connectivity index (χ0n) is 64.0. The fourth-order valence-corrected chi connectivity index (χ4v) is 16.3. The predicted molar refractivity (Wildman–Crippen MR) is 429 cm³/mol. The number of aromatic nitrogens is 17. The van der Waals surface area contributed by atoms with Crippen molar-refractivity contribution in [2.75, 3.05) is 131 Å². The number of halogens is 4. The summed E-state index contributed by atoms with van der Waals surface area (Å²) in [5, 5.41) is 15.7. The molecular formula is C79H78F4N30O5. The van der Waals surface area contributed by atoms with Gasteiger partial charge in [0.15, 0.2) is 46.5 Å². The fourth-order valence-electron chi connectivity index (χ4n) is 16.3. The van der Waals surface area contributed by atoms with Crippen LogP contribution in [0.5, 0.6) is 0 Å². The molecule has 39 heteroatoms. The molecule has 602 valence electrons. The lowest BCUT2D eigenvalue weighted by atomic mass is 10.1. The summed E-state index contributed by atoms with van der Waals surface area (Å²) < 4.78 is 60.9. The van der Waals surface area contributed by atoms with Gasteiger partial charge in [-0.2, -0.15) is 18.3 Å². The molecule has 1 saturated carbocycles. The number of fused-ring (bicyclic) bond motifs is 16. The summed E-state index contributed by atoms with van der Waals surface area (Å²) in [5.41, 5.74) is 7.12. The molecule has 8 bridgehead atoms. The number of aryl methyl sites for hydroxylation is 1. The largest absolute Gasteiger partial charge is 0.451 e. The third kappa shape index (κ3) is 15.6. The van der Waals surface area contributed by atoms with E-state index in [4.69, 9.17) is 19.7 Å². The summed E-state index contributed by atoms with van der Waals surface area (Å²) >= 11 is 0. The number of ether oxygens (including phenoxy) is 1. The lowest BCUT2D eigenvalue weighted by molar-refractivity contribution is -0.144. The van der Waals surface area contributed by atoms with Crippen molar-refractivity contribution in [1.29, 1.82) is 0 Å². The Balaban J connectivity index is 0.000000108. The highest BCUT2D eigenvalue weighted by molar-refractivity contribution is 6.07. The van der Waals surface area contributed by atoms with Crippen molar-refractivity contribution in [2.45, 2.75) is 108 Å². The topological polar surface area (TPSA) is 366 Å². The van der Waals surface area contributed by atoms with E-state index in [1.165, 1.54) is 60.9 Å². The highest BCUT2D eigenvalue weighted by atomic mass is 19.4. The van der Waals surface area contributed by atoms with Crippen molar-refractivity contribution in [2.24, 2.45) is 0 Å². The van der Waals surface area contributed by atoms with Crippen LogP contribution in [0.25, 0.3) is 33.9 Å². The normalized spacial score (nSPS) is 20.0. The maximum atomic E-state index is 14.0. The second kappa shape index (κ2) is 31.7. The van der Waals surface area contributed by atoms with E-state index in [0.717, 1.165) is 131 Å². The molecule has 8 amide bonds. The molecule has 35 nitrogen and oxygen atoms in total. The van der Waals surface area contributed by atoms with Gasteiger partial charge in [0.25, 0.3) is 0 Å². The summed E-state index contributed by atoms with van der Waals surface area (Å²) in [6, 6.07) is 17.5. The molecule has 11 aromatic heterocycles. The SMILES string of the molecule is C[C@@H]1CN(c2ccc3c(n2)N(C(=O)Nc2cnccn2)[C@H]2CCN3C2)C[C@H](C)O1.Cc1ncc(-c2ccc3c(n2)N(C(=O)Nc2cnccn2)[C@H]2CCN3C2)cc1F.O=C(Nc1cnccn1)N1c2nc(-c3ccnc(C(F)(F)F)n3)ccc2N2CC[C@H]1C2.O=C(Nc1cnccn1)N1c2nc(-c3cnn(C4CC4)c3)ccc2N2CC[C@H]1C2. The van der Waals surface area contributed by atoms with Gasteiger partial charge in [0.05, 0.1) is 125 Å².